The number of hydrogen-bond donors (Lipinski definition) is 1. The predicted molar refractivity (Wildman–Crippen MR) is 96.1 cm³/mol. The van der Waals surface area contributed by atoms with Crippen molar-refractivity contribution in [3.63, 3.8) is 0 Å². The molecule has 7 heteroatoms. The second-order valence-electron chi connectivity index (χ2n) is 6.10. The molecule has 3 heterocycles. The van der Waals surface area contributed by atoms with E-state index in [0.717, 1.165) is 16.6 Å². The fraction of sp³-hybridized carbons (Fsp3) is 0.158. The van der Waals surface area contributed by atoms with E-state index in [1.54, 1.807) is 21.5 Å². The van der Waals surface area contributed by atoms with Gasteiger partial charge in [-0.3, -0.25) is 4.98 Å². The van der Waals surface area contributed by atoms with Gasteiger partial charge in [0.15, 0.2) is 0 Å². The van der Waals surface area contributed by atoms with Crippen LogP contribution in [0.2, 0.25) is 0 Å². The Hall–Kier alpha value is -3.48. The maximum atomic E-state index is 11.6. The smallest absolute Gasteiger partial charge is 0.352 e. The molecule has 1 atom stereocenters. The number of carboxylic acids is 1. The van der Waals surface area contributed by atoms with Crippen LogP contribution in [-0.4, -0.2) is 35.6 Å². The molecule has 1 N–H and O–H groups in total. The Morgan fingerprint density at radius 3 is 2.77 bits per heavy atom. The average molecular weight is 347 g/mol. The Labute approximate surface area is 149 Å². The van der Waals surface area contributed by atoms with Crippen LogP contribution in [-0.2, 0) is 6.54 Å². The molecule has 1 aromatic carbocycles. The van der Waals surface area contributed by atoms with Crippen molar-refractivity contribution in [2.45, 2.75) is 19.5 Å². The molecule has 7 nitrogen and oxygen atoms in total. The summed E-state index contributed by atoms with van der Waals surface area (Å²) < 4.78 is 3.49. The fourth-order valence-corrected chi connectivity index (χ4v) is 3.05. The number of carbonyl (C=O) groups is 1. The maximum Gasteiger partial charge on any atom is 0.352 e. The van der Waals surface area contributed by atoms with Gasteiger partial charge < -0.3 is 9.67 Å². The molecule has 0 fully saturated rings. The fourth-order valence-electron chi connectivity index (χ4n) is 3.05. The second-order valence-corrected chi connectivity index (χ2v) is 6.10. The summed E-state index contributed by atoms with van der Waals surface area (Å²) in [6.07, 6.45) is 3.58. The lowest BCUT2D eigenvalue weighted by Crippen LogP contribution is -2.10. The van der Waals surface area contributed by atoms with Gasteiger partial charge in [-0.1, -0.05) is 29.5 Å². The van der Waals surface area contributed by atoms with E-state index in [4.69, 9.17) is 0 Å². The van der Waals surface area contributed by atoms with Crippen molar-refractivity contribution in [1.82, 2.24) is 24.5 Å². The zero-order valence-corrected chi connectivity index (χ0v) is 14.1. The molecule has 0 saturated carbocycles. The third-order valence-electron chi connectivity index (χ3n) is 4.42. The van der Waals surface area contributed by atoms with E-state index in [2.05, 4.69) is 15.3 Å². The number of benzene rings is 1. The molecule has 26 heavy (non-hydrogen) atoms. The minimum Gasteiger partial charge on any atom is -0.477 e. The summed E-state index contributed by atoms with van der Waals surface area (Å²) in [6, 6.07) is 15.0. The zero-order chi connectivity index (χ0) is 18.1. The summed E-state index contributed by atoms with van der Waals surface area (Å²) in [4.78, 5) is 16.0. The lowest BCUT2D eigenvalue weighted by atomic mass is 10.2. The average Bonchev–Trinajstić information content (AvgIpc) is 3.27. The van der Waals surface area contributed by atoms with Gasteiger partial charge in [-0.2, -0.15) is 0 Å². The Morgan fingerprint density at radius 2 is 2.00 bits per heavy atom. The molecular formula is C19H17N5O2. The Morgan fingerprint density at radius 1 is 1.19 bits per heavy atom. The van der Waals surface area contributed by atoms with E-state index in [0.29, 0.717) is 12.2 Å². The van der Waals surface area contributed by atoms with Crippen molar-refractivity contribution in [1.29, 1.82) is 0 Å². The zero-order valence-electron chi connectivity index (χ0n) is 14.1. The van der Waals surface area contributed by atoms with Crippen LogP contribution in [0.25, 0.3) is 10.9 Å². The topological polar surface area (TPSA) is 85.8 Å². The molecule has 0 saturated heterocycles. The molecule has 0 aliphatic carbocycles. The molecule has 130 valence electrons. The quantitative estimate of drug-likeness (QED) is 0.600. The Kier molecular flexibility index (Phi) is 3.96. The molecule has 0 bridgehead atoms. The summed E-state index contributed by atoms with van der Waals surface area (Å²) >= 11 is 0. The predicted octanol–water partition coefficient (Wildman–Crippen LogP) is 2.98. The van der Waals surface area contributed by atoms with E-state index in [-0.39, 0.29) is 11.7 Å². The molecule has 1 unspecified atom stereocenters. The Balaban J connectivity index is 1.67. The Bertz CT molecular complexity index is 1070. The van der Waals surface area contributed by atoms with Crippen LogP contribution in [0.1, 0.15) is 34.8 Å². The van der Waals surface area contributed by atoms with Crippen LogP contribution in [0.4, 0.5) is 0 Å². The third-order valence-corrected chi connectivity index (χ3v) is 4.42. The summed E-state index contributed by atoms with van der Waals surface area (Å²) in [5.74, 6) is -0.963. The first-order chi connectivity index (χ1) is 12.6. The molecular weight excluding hydrogens is 330 g/mol. The standard InChI is InChI=1S/C19H17N5O2/c1-13(16-7-4-5-9-20-16)24-12-15(21-22-24)11-23-17-8-3-2-6-14(17)10-18(23)19(25)26/h2-10,12-13H,11H2,1H3,(H,25,26). The van der Waals surface area contributed by atoms with Gasteiger partial charge in [-0.15, -0.1) is 5.10 Å². The molecule has 0 amide bonds. The van der Waals surface area contributed by atoms with Crippen LogP contribution in [0.15, 0.2) is 60.9 Å². The maximum absolute atomic E-state index is 11.6. The first-order valence-corrected chi connectivity index (χ1v) is 8.26. The van der Waals surface area contributed by atoms with Gasteiger partial charge in [0.1, 0.15) is 11.4 Å². The van der Waals surface area contributed by atoms with Gasteiger partial charge in [0.25, 0.3) is 0 Å². The highest BCUT2D eigenvalue weighted by Gasteiger charge is 2.17. The summed E-state index contributed by atoms with van der Waals surface area (Å²) in [6.45, 7) is 2.33. The van der Waals surface area contributed by atoms with Gasteiger partial charge in [-0.25, -0.2) is 9.48 Å². The summed E-state index contributed by atoms with van der Waals surface area (Å²) in [7, 11) is 0. The van der Waals surface area contributed by atoms with Crippen LogP contribution in [0.3, 0.4) is 0 Å². The van der Waals surface area contributed by atoms with E-state index in [1.807, 2.05) is 55.6 Å². The minimum atomic E-state index is -0.963. The highest BCUT2D eigenvalue weighted by molar-refractivity contribution is 5.94. The molecule has 0 radical (unpaired) electrons. The number of hydrogen-bond acceptors (Lipinski definition) is 4. The molecule has 3 aromatic heterocycles. The van der Waals surface area contributed by atoms with Crippen molar-refractivity contribution < 1.29 is 9.90 Å². The summed E-state index contributed by atoms with van der Waals surface area (Å²) in [5.41, 5.74) is 2.67. The van der Waals surface area contributed by atoms with E-state index < -0.39 is 5.97 Å². The van der Waals surface area contributed by atoms with Crippen LogP contribution < -0.4 is 0 Å². The van der Waals surface area contributed by atoms with Crippen LogP contribution >= 0.6 is 0 Å². The van der Waals surface area contributed by atoms with Crippen molar-refractivity contribution in [3.05, 3.63) is 78.0 Å². The van der Waals surface area contributed by atoms with Gasteiger partial charge in [0.05, 0.1) is 24.5 Å². The van der Waals surface area contributed by atoms with Gasteiger partial charge in [0.2, 0.25) is 0 Å². The number of aromatic carboxylic acids is 1. The number of para-hydroxylation sites is 1. The lowest BCUT2D eigenvalue weighted by molar-refractivity contribution is 0.0686. The van der Waals surface area contributed by atoms with Crippen LogP contribution in [0, 0.1) is 0 Å². The number of carboxylic acid groups (broad SMARTS) is 1. The van der Waals surface area contributed by atoms with E-state index in [1.165, 1.54) is 0 Å². The first-order valence-electron chi connectivity index (χ1n) is 8.26. The van der Waals surface area contributed by atoms with Crippen LogP contribution in [0.5, 0.6) is 0 Å². The van der Waals surface area contributed by atoms with Gasteiger partial charge >= 0.3 is 5.97 Å². The van der Waals surface area contributed by atoms with Crippen molar-refractivity contribution in [2.75, 3.05) is 0 Å². The molecule has 0 spiro atoms. The lowest BCUT2D eigenvalue weighted by Gasteiger charge is -2.10. The van der Waals surface area contributed by atoms with Gasteiger partial charge in [0, 0.05) is 17.1 Å². The SMILES string of the molecule is CC(c1ccccn1)n1cc(Cn2c(C(=O)O)cc3ccccc32)nn1. The van der Waals surface area contributed by atoms with Crippen molar-refractivity contribution >= 4 is 16.9 Å². The van der Waals surface area contributed by atoms with Gasteiger partial charge in [-0.05, 0) is 31.2 Å². The third kappa shape index (κ3) is 2.83. The molecule has 4 aromatic rings. The van der Waals surface area contributed by atoms with E-state index in [9.17, 15) is 9.90 Å². The number of fused-ring (bicyclic) bond motifs is 1. The molecule has 4 rings (SSSR count). The largest absolute Gasteiger partial charge is 0.477 e. The second kappa shape index (κ2) is 6.44. The monoisotopic (exact) mass is 347 g/mol. The number of aromatic nitrogens is 5. The normalized spacial score (nSPS) is 12.3. The summed E-state index contributed by atoms with van der Waals surface area (Å²) in [5, 5.41) is 18.8. The minimum absolute atomic E-state index is 0.0576. The highest BCUT2D eigenvalue weighted by atomic mass is 16.4. The number of rotatable bonds is 5. The first kappa shape index (κ1) is 16.0. The number of pyridine rings is 1. The molecule has 0 aliphatic heterocycles. The molecule has 0 aliphatic rings. The highest BCUT2D eigenvalue weighted by Crippen LogP contribution is 2.21. The van der Waals surface area contributed by atoms with Crippen molar-refractivity contribution in [3.8, 4) is 0 Å². The van der Waals surface area contributed by atoms with Crippen molar-refractivity contribution in [2.24, 2.45) is 0 Å². The number of nitrogens with zero attached hydrogens (tertiary/aromatic N) is 5. The van der Waals surface area contributed by atoms with E-state index >= 15 is 0 Å².